The van der Waals surface area contributed by atoms with Crippen LogP contribution in [0.25, 0.3) is 0 Å². The molecule has 1 aromatic rings. The van der Waals surface area contributed by atoms with E-state index in [2.05, 4.69) is 5.32 Å². The minimum absolute atomic E-state index is 0.0180. The van der Waals surface area contributed by atoms with Crippen LogP contribution < -0.4 is 10.2 Å². The van der Waals surface area contributed by atoms with Crippen molar-refractivity contribution in [1.29, 1.82) is 0 Å². The summed E-state index contributed by atoms with van der Waals surface area (Å²) in [6.07, 6.45) is 3.98. The molecule has 1 saturated heterocycles. The zero-order valence-corrected chi connectivity index (χ0v) is 13.9. The van der Waals surface area contributed by atoms with Crippen LogP contribution >= 0.6 is 0 Å². The normalized spacial score (nSPS) is 20.7. The molecule has 1 aliphatic heterocycles. The lowest BCUT2D eigenvalue weighted by molar-refractivity contribution is -0.384. The van der Waals surface area contributed by atoms with Crippen molar-refractivity contribution in [3.8, 4) is 0 Å². The van der Waals surface area contributed by atoms with E-state index in [4.69, 9.17) is 4.74 Å². The highest BCUT2D eigenvalue weighted by Gasteiger charge is 2.28. The van der Waals surface area contributed by atoms with Crippen molar-refractivity contribution in [1.82, 2.24) is 5.32 Å². The Morgan fingerprint density at radius 1 is 1.42 bits per heavy atom. The van der Waals surface area contributed by atoms with E-state index in [1.165, 1.54) is 6.07 Å². The smallest absolute Gasteiger partial charge is 0.293 e. The highest BCUT2D eigenvalue weighted by atomic mass is 16.6. The molecule has 1 aromatic carbocycles. The van der Waals surface area contributed by atoms with Gasteiger partial charge in [-0.25, -0.2) is 0 Å². The molecule has 130 valence electrons. The molecule has 1 N–H and O–H groups in total. The van der Waals surface area contributed by atoms with Crippen LogP contribution in [0.1, 0.15) is 43.0 Å². The van der Waals surface area contributed by atoms with Gasteiger partial charge in [0.2, 0.25) is 0 Å². The van der Waals surface area contributed by atoms with E-state index in [-0.39, 0.29) is 23.7 Å². The maximum Gasteiger partial charge on any atom is 0.293 e. The first-order valence-corrected chi connectivity index (χ1v) is 8.54. The fourth-order valence-electron chi connectivity index (χ4n) is 3.10. The average molecular weight is 333 g/mol. The number of rotatable bonds is 6. The molecule has 24 heavy (non-hydrogen) atoms. The summed E-state index contributed by atoms with van der Waals surface area (Å²) >= 11 is 0. The zero-order chi connectivity index (χ0) is 17.1. The Balaban J connectivity index is 1.81. The zero-order valence-electron chi connectivity index (χ0n) is 13.9. The fourth-order valence-corrected chi connectivity index (χ4v) is 3.10. The summed E-state index contributed by atoms with van der Waals surface area (Å²) in [5.74, 6) is -0.238. The number of nitro groups is 1. The third-order valence-corrected chi connectivity index (χ3v) is 4.47. The molecule has 7 heteroatoms. The number of nitro benzene ring substituents is 1. The standard InChI is InChI=1S/C17H23N3O4/c1-2-24-14-4-3-9-19(11-14)15-8-5-12(10-16(15)20(22)23)17(21)18-13-6-7-13/h5,8,10,13-14H,2-4,6-7,9,11H2,1H3,(H,18,21). The monoisotopic (exact) mass is 333 g/mol. The SMILES string of the molecule is CCOC1CCCN(c2ccc(C(=O)NC3CC3)cc2[N+](=O)[O-])C1. The van der Waals surface area contributed by atoms with Crippen molar-refractivity contribution in [2.45, 2.75) is 44.8 Å². The molecular formula is C17H23N3O4. The van der Waals surface area contributed by atoms with Gasteiger partial charge in [-0.3, -0.25) is 14.9 Å². The number of nitrogens with zero attached hydrogens (tertiary/aromatic N) is 2. The van der Waals surface area contributed by atoms with E-state index in [9.17, 15) is 14.9 Å². The number of piperidine rings is 1. The molecule has 1 saturated carbocycles. The number of ether oxygens (including phenoxy) is 1. The van der Waals surface area contributed by atoms with Gasteiger partial charge in [-0.2, -0.15) is 0 Å². The lowest BCUT2D eigenvalue weighted by Gasteiger charge is -2.33. The molecular weight excluding hydrogens is 310 g/mol. The molecule has 0 spiro atoms. The van der Waals surface area contributed by atoms with Crippen molar-refractivity contribution in [3.63, 3.8) is 0 Å². The second-order valence-electron chi connectivity index (χ2n) is 6.37. The average Bonchev–Trinajstić information content (AvgIpc) is 3.39. The highest BCUT2D eigenvalue weighted by molar-refractivity contribution is 5.96. The van der Waals surface area contributed by atoms with E-state index < -0.39 is 4.92 Å². The van der Waals surface area contributed by atoms with Gasteiger partial charge in [-0.15, -0.1) is 0 Å². The van der Waals surface area contributed by atoms with Crippen LogP contribution in [0.15, 0.2) is 18.2 Å². The third-order valence-electron chi connectivity index (χ3n) is 4.47. The molecule has 0 aromatic heterocycles. The van der Waals surface area contributed by atoms with Gasteiger partial charge in [0, 0.05) is 37.4 Å². The van der Waals surface area contributed by atoms with Crippen molar-refractivity contribution >= 4 is 17.3 Å². The van der Waals surface area contributed by atoms with Gasteiger partial charge in [0.1, 0.15) is 5.69 Å². The molecule has 3 rings (SSSR count). The number of hydrogen-bond donors (Lipinski definition) is 1. The van der Waals surface area contributed by atoms with Crippen LogP contribution in [0.5, 0.6) is 0 Å². The Bertz CT molecular complexity index is 628. The molecule has 1 atom stereocenters. The predicted molar refractivity (Wildman–Crippen MR) is 90.4 cm³/mol. The summed E-state index contributed by atoms with van der Waals surface area (Å²) in [4.78, 5) is 25.2. The Kier molecular flexibility index (Phi) is 4.99. The lowest BCUT2D eigenvalue weighted by Crippen LogP contribution is -2.40. The number of carbonyl (C=O) groups excluding carboxylic acids is 1. The predicted octanol–water partition coefficient (Wildman–Crippen LogP) is 2.49. The summed E-state index contributed by atoms with van der Waals surface area (Å²) in [6, 6.07) is 4.97. The van der Waals surface area contributed by atoms with Crippen LogP contribution in [0.3, 0.4) is 0 Å². The van der Waals surface area contributed by atoms with Crippen molar-refractivity contribution in [2.24, 2.45) is 0 Å². The molecule has 1 unspecified atom stereocenters. The van der Waals surface area contributed by atoms with E-state index >= 15 is 0 Å². The summed E-state index contributed by atoms with van der Waals surface area (Å²) in [6.45, 7) is 4.00. The Hall–Kier alpha value is -2.15. The van der Waals surface area contributed by atoms with E-state index in [0.29, 0.717) is 24.4 Å². The van der Waals surface area contributed by atoms with Crippen molar-refractivity contribution in [3.05, 3.63) is 33.9 Å². The number of hydrogen-bond acceptors (Lipinski definition) is 5. The van der Waals surface area contributed by atoms with E-state index in [0.717, 1.165) is 32.2 Å². The first-order chi connectivity index (χ1) is 11.6. The van der Waals surface area contributed by atoms with E-state index in [1.54, 1.807) is 12.1 Å². The Morgan fingerprint density at radius 2 is 2.21 bits per heavy atom. The van der Waals surface area contributed by atoms with E-state index in [1.807, 2.05) is 11.8 Å². The first kappa shape index (κ1) is 16.7. The minimum atomic E-state index is -0.409. The van der Waals surface area contributed by atoms with Crippen LogP contribution in [-0.4, -0.2) is 42.7 Å². The fraction of sp³-hybridized carbons (Fsp3) is 0.588. The Morgan fingerprint density at radius 3 is 2.88 bits per heavy atom. The van der Waals surface area contributed by atoms with Crippen LogP contribution in [0, 0.1) is 10.1 Å². The quantitative estimate of drug-likeness (QED) is 0.638. The maximum atomic E-state index is 12.1. The van der Waals surface area contributed by atoms with Gasteiger partial charge in [-0.05, 0) is 44.7 Å². The van der Waals surface area contributed by atoms with Crippen LogP contribution in [0.2, 0.25) is 0 Å². The van der Waals surface area contributed by atoms with Gasteiger partial charge in [0.15, 0.2) is 0 Å². The minimum Gasteiger partial charge on any atom is -0.377 e. The second-order valence-corrected chi connectivity index (χ2v) is 6.37. The van der Waals surface area contributed by atoms with Gasteiger partial charge in [0.05, 0.1) is 11.0 Å². The summed E-state index contributed by atoms with van der Waals surface area (Å²) in [5.41, 5.74) is 0.888. The molecule has 1 aliphatic carbocycles. The van der Waals surface area contributed by atoms with Crippen LogP contribution in [-0.2, 0) is 4.74 Å². The lowest BCUT2D eigenvalue weighted by atomic mass is 10.1. The van der Waals surface area contributed by atoms with Crippen molar-refractivity contribution < 1.29 is 14.5 Å². The third kappa shape index (κ3) is 3.84. The number of anilines is 1. The maximum absolute atomic E-state index is 12.1. The van der Waals surface area contributed by atoms with Crippen molar-refractivity contribution in [2.75, 3.05) is 24.6 Å². The summed E-state index contributed by atoms with van der Waals surface area (Å²) in [7, 11) is 0. The molecule has 0 bridgehead atoms. The number of carbonyl (C=O) groups is 1. The summed E-state index contributed by atoms with van der Waals surface area (Å²) in [5, 5.41) is 14.4. The topological polar surface area (TPSA) is 84.7 Å². The molecule has 0 radical (unpaired) electrons. The highest BCUT2D eigenvalue weighted by Crippen LogP contribution is 2.32. The summed E-state index contributed by atoms with van der Waals surface area (Å²) < 4.78 is 5.67. The van der Waals surface area contributed by atoms with Gasteiger partial charge >= 0.3 is 0 Å². The van der Waals surface area contributed by atoms with Gasteiger partial charge < -0.3 is 15.0 Å². The molecule has 2 fully saturated rings. The second kappa shape index (κ2) is 7.17. The Labute approximate surface area is 141 Å². The molecule has 1 amide bonds. The number of benzene rings is 1. The number of amides is 1. The van der Waals surface area contributed by atoms with Gasteiger partial charge in [-0.1, -0.05) is 0 Å². The largest absolute Gasteiger partial charge is 0.377 e. The van der Waals surface area contributed by atoms with Gasteiger partial charge in [0.25, 0.3) is 11.6 Å². The molecule has 7 nitrogen and oxygen atoms in total. The number of nitrogens with one attached hydrogen (secondary N) is 1. The molecule has 2 aliphatic rings. The van der Waals surface area contributed by atoms with Crippen LogP contribution in [0.4, 0.5) is 11.4 Å². The molecule has 1 heterocycles. The first-order valence-electron chi connectivity index (χ1n) is 8.54.